The van der Waals surface area contributed by atoms with Crippen LogP contribution >= 0.6 is 0 Å². The predicted molar refractivity (Wildman–Crippen MR) is 75.9 cm³/mol. The summed E-state index contributed by atoms with van der Waals surface area (Å²) in [5.74, 6) is 2.80. The Morgan fingerprint density at radius 2 is 1.94 bits per heavy atom. The number of benzene rings is 1. The summed E-state index contributed by atoms with van der Waals surface area (Å²) in [5.41, 5.74) is 0. The predicted octanol–water partition coefficient (Wildman–Crippen LogP) is 3.48. The standard InChI is InChI=1S/C16H25NO/c1-17-13-15-8-5-7-14(15)9-6-12-18-16-10-3-2-4-11-16/h2-4,10-11,14-15,17H,5-9,12-13H2,1H3. The first-order chi connectivity index (χ1) is 8.90. The van der Waals surface area contributed by atoms with Gasteiger partial charge in [-0.25, -0.2) is 0 Å². The summed E-state index contributed by atoms with van der Waals surface area (Å²) in [4.78, 5) is 0. The number of para-hydroxylation sites is 1. The lowest BCUT2D eigenvalue weighted by molar-refractivity contribution is 0.273. The second-order valence-corrected chi connectivity index (χ2v) is 5.31. The molecule has 100 valence electrons. The quantitative estimate of drug-likeness (QED) is 0.745. The zero-order valence-electron chi connectivity index (χ0n) is 11.4. The van der Waals surface area contributed by atoms with Gasteiger partial charge in [-0.3, -0.25) is 0 Å². The van der Waals surface area contributed by atoms with Crippen LogP contribution in [0.3, 0.4) is 0 Å². The first-order valence-electron chi connectivity index (χ1n) is 7.22. The van der Waals surface area contributed by atoms with Crippen LogP contribution in [0.15, 0.2) is 30.3 Å². The third-order valence-electron chi connectivity index (χ3n) is 4.01. The van der Waals surface area contributed by atoms with E-state index in [4.69, 9.17) is 4.74 Å². The van der Waals surface area contributed by atoms with Gasteiger partial charge in [-0.15, -0.1) is 0 Å². The molecule has 1 N–H and O–H groups in total. The Labute approximate surface area is 111 Å². The average Bonchev–Trinajstić information content (AvgIpc) is 2.84. The molecule has 0 aliphatic heterocycles. The molecule has 18 heavy (non-hydrogen) atoms. The van der Waals surface area contributed by atoms with E-state index >= 15 is 0 Å². The second kappa shape index (κ2) is 7.42. The molecule has 0 amide bonds. The fourth-order valence-corrected chi connectivity index (χ4v) is 3.08. The Balaban J connectivity index is 1.63. The van der Waals surface area contributed by atoms with E-state index < -0.39 is 0 Å². The summed E-state index contributed by atoms with van der Waals surface area (Å²) in [6.07, 6.45) is 6.73. The number of hydrogen-bond donors (Lipinski definition) is 1. The van der Waals surface area contributed by atoms with Gasteiger partial charge < -0.3 is 10.1 Å². The molecule has 0 spiro atoms. The van der Waals surface area contributed by atoms with E-state index in [1.54, 1.807) is 0 Å². The zero-order chi connectivity index (χ0) is 12.6. The highest BCUT2D eigenvalue weighted by Gasteiger charge is 2.25. The van der Waals surface area contributed by atoms with Gasteiger partial charge in [-0.2, -0.15) is 0 Å². The van der Waals surface area contributed by atoms with E-state index in [2.05, 4.69) is 12.4 Å². The van der Waals surface area contributed by atoms with Gasteiger partial charge in [0.1, 0.15) is 5.75 Å². The van der Waals surface area contributed by atoms with Crippen molar-refractivity contribution in [1.82, 2.24) is 5.32 Å². The van der Waals surface area contributed by atoms with Crippen molar-refractivity contribution < 1.29 is 4.74 Å². The largest absolute Gasteiger partial charge is 0.494 e. The molecule has 1 aliphatic carbocycles. The van der Waals surface area contributed by atoms with E-state index in [9.17, 15) is 0 Å². The van der Waals surface area contributed by atoms with Crippen molar-refractivity contribution in [1.29, 1.82) is 0 Å². The molecule has 2 atom stereocenters. The molecule has 2 rings (SSSR count). The maximum atomic E-state index is 5.75. The molecule has 0 heterocycles. The van der Waals surface area contributed by atoms with Crippen LogP contribution in [0, 0.1) is 11.8 Å². The molecule has 0 bridgehead atoms. The lowest BCUT2D eigenvalue weighted by atomic mass is 9.92. The van der Waals surface area contributed by atoms with Crippen molar-refractivity contribution in [2.45, 2.75) is 32.1 Å². The van der Waals surface area contributed by atoms with Crippen LogP contribution in [0.5, 0.6) is 5.75 Å². The van der Waals surface area contributed by atoms with Gasteiger partial charge in [-0.1, -0.05) is 31.0 Å². The van der Waals surface area contributed by atoms with Gasteiger partial charge in [0, 0.05) is 0 Å². The Kier molecular flexibility index (Phi) is 5.53. The number of rotatable bonds is 7. The molecule has 2 nitrogen and oxygen atoms in total. The van der Waals surface area contributed by atoms with Gasteiger partial charge in [0.15, 0.2) is 0 Å². The fourth-order valence-electron chi connectivity index (χ4n) is 3.08. The summed E-state index contributed by atoms with van der Waals surface area (Å²) in [7, 11) is 2.06. The van der Waals surface area contributed by atoms with E-state index in [0.29, 0.717) is 0 Å². The van der Waals surface area contributed by atoms with Crippen molar-refractivity contribution in [3.63, 3.8) is 0 Å². The third-order valence-corrected chi connectivity index (χ3v) is 4.01. The monoisotopic (exact) mass is 247 g/mol. The number of ether oxygens (including phenoxy) is 1. The van der Waals surface area contributed by atoms with Crippen molar-refractivity contribution in [3.8, 4) is 5.75 Å². The first-order valence-corrected chi connectivity index (χ1v) is 7.22. The molecule has 1 fully saturated rings. The maximum absolute atomic E-state index is 5.75. The third kappa shape index (κ3) is 4.02. The molecule has 1 aliphatic rings. The van der Waals surface area contributed by atoms with Crippen molar-refractivity contribution in [3.05, 3.63) is 30.3 Å². The summed E-state index contributed by atoms with van der Waals surface area (Å²) in [5, 5.41) is 3.32. The van der Waals surface area contributed by atoms with Crippen molar-refractivity contribution in [2.24, 2.45) is 11.8 Å². The minimum Gasteiger partial charge on any atom is -0.494 e. The second-order valence-electron chi connectivity index (χ2n) is 5.31. The Hall–Kier alpha value is -1.02. The molecule has 1 aromatic carbocycles. The minimum absolute atomic E-state index is 0.854. The highest BCUT2D eigenvalue weighted by molar-refractivity contribution is 5.20. The Bertz CT molecular complexity index is 325. The average molecular weight is 247 g/mol. The van der Waals surface area contributed by atoms with Crippen molar-refractivity contribution >= 4 is 0 Å². The molecular formula is C16H25NO. The first kappa shape index (κ1) is 13.4. The van der Waals surface area contributed by atoms with E-state index in [-0.39, 0.29) is 0 Å². The van der Waals surface area contributed by atoms with Crippen molar-refractivity contribution in [2.75, 3.05) is 20.2 Å². The summed E-state index contributed by atoms with van der Waals surface area (Å²) in [6.45, 7) is 2.04. The Morgan fingerprint density at radius 3 is 2.72 bits per heavy atom. The molecule has 0 saturated heterocycles. The highest BCUT2D eigenvalue weighted by Crippen LogP contribution is 2.34. The summed E-state index contributed by atoms with van der Waals surface area (Å²) >= 11 is 0. The van der Waals surface area contributed by atoms with Crippen LogP contribution in [0.4, 0.5) is 0 Å². The lowest BCUT2D eigenvalue weighted by Crippen LogP contribution is -2.22. The van der Waals surface area contributed by atoms with Crippen LogP contribution in [0.2, 0.25) is 0 Å². The molecule has 1 saturated carbocycles. The van der Waals surface area contributed by atoms with Crippen LogP contribution in [0.25, 0.3) is 0 Å². The van der Waals surface area contributed by atoms with E-state index in [1.807, 2.05) is 30.3 Å². The van der Waals surface area contributed by atoms with Gasteiger partial charge in [0.2, 0.25) is 0 Å². The minimum atomic E-state index is 0.854. The van der Waals surface area contributed by atoms with Crippen LogP contribution in [-0.4, -0.2) is 20.2 Å². The maximum Gasteiger partial charge on any atom is 0.119 e. The van der Waals surface area contributed by atoms with Crippen LogP contribution < -0.4 is 10.1 Å². The number of hydrogen-bond acceptors (Lipinski definition) is 2. The molecule has 2 unspecified atom stereocenters. The van der Waals surface area contributed by atoms with E-state index in [0.717, 1.165) is 24.2 Å². The van der Waals surface area contributed by atoms with Gasteiger partial charge >= 0.3 is 0 Å². The summed E-state index contributed by atoms with van der Waals surface area (Å²) in [6, 6.07) is 10.1. The number of nitrogens with one attached hydrogen (secondary N) is 1. The SMILES string of the molecule is CNCC1CCCC1CCCOc1ccccc1. The van der Waals surface area contributed by atoms with Crippen LogP contribution in [0.1, 0.15) is 32.1 Å². The molecule has 0 radical (unpaired) electrons. The van der Waals surface area contributed by atoms with E-state index in [1.165, 1.54) is 38.6 Å². The molecule has 0 aromatic heterocycles. The Morgan fingerprint density at radius 1 is 1.17 bits per heavy atom. The van der Waals surface area contributed by atoms with Crippen LogP contribution in [-0.2, 0) is 0 Å². The van der Waals surface area contributed by atoms with Gasteiger partial charge in [-0.05, 0) is 56.8 Å². The molecular weight excluding hydrogens is 222 g/mol. The molecule has 1 aromatic rings. The highest BCUT2D eigenvalue weighted by atomic mass is 16.5. The van der Waals surface area contributed by atoms with Gasteiger partial charge in [0.05, 0.1) is 6.61 Å². The van der Waals surface area contributed by atoms with Gasteiger partial charge in [0.25, 0.3) is 0 Å². The lowest BCUT2D eigenvalue weighted by Gasteiger charge is -2.19. The molecule has 2 heteroatoms. The zero-order valence-corrected chi connectivity index (χ0v) is 11.4. The smallest absolute Gasteiger partial charge is 0.119 e. The summed E-state index contributed by atoms with van der Waals surface area (Å²) < 4.78 is 5.75. The fraction of sp³-hybridized carbons (Fsp3) is 0.625. The topological polar surface area (TPSA) is 21.3 Å². The normalized spacial score (nSPS) is 23.2.